The third-order valence-electron chi connectivity index (χ3n) is 3.18. The van der Waals surface area contributed by atoms with E-state index < -0.39 is 12.0 Å². The molecule has 0 saturated carbocycles. The Morgan fingerprint density at radius 2 is 2.17 bits per heavy atom. The fraction of sp³-hybridized carbons (Fsp3) is 0.312. The molecule has 6 nitrogen and oxygen atoms in total. The molecule has 0 spiro atoms. The maximum Gasteiger partial charge on any atom is 0.338 e. The smallest absolute Gasteiger partial charge is 0.338 e. The van der Waals surface area contributed by atoms with E-state index in [1.54, 1.807) is 45.2 Å². The number of hydrogen-bond acceptors (Lipinski definition) is 6. The van der Waals surface area contributed by atoms with Gasteiger partial charge in [0.05, 0.1) is 11.7 Å². The predicted molar refractivity (Wildman–Crippen MR) is 87.4 cm³/mol. The van der Waals surface area contributed by atoms with E-state index in [1.807, 2.05) is 6.07 Å². The van der Waals surface area contributed by atoms with Gasteiger partial charge in [-0.05, 0) is 26.8 Å². The fourth-order valence-corrected chi connectivity index (χ4v) is 2.50. The van der Waals surface area contributed by atoms with Gasteiger partial charge in [0.1, 0.15) is 6.04 Å². The first-order chi connectivity index (χ1) is 10.9. The molecule has 2 rings (SSSR count). The molecule has 1 aliphatic heterocycles. The van der Waals surface area contributed by atoms with Crippen molar-refractivity contribution < 1.29 is 9.53 Å². The largest absolute Gasteiger partial charge is 0.459 e. The minimum Gasteiger partial charge on any atom is -0.459 e. The summed E-state index contributed by atoms with van der Waals surface area (Å²) >= 11 is 6.26. The minimum absolute atomic E-state index is 0.252. The monoisotopic (exact) mass is 332 g/mol. The average Bonchev–Trinajstić information content (AvgIpc) is 2.46. The summed E-state index contributed by atoms with van der Waals surface area (Å²) in [7, 11) is 0. The van der Waals surface area contributed by atoms with Crippen molar-refractivity contribution in [2.24, 2.45) is 4.99 Å². The van der Waals surface area contributed by atoms with Crippen molar-refractivity contribution in [3.63, 3.8) is 0 Å². The zero-order valence-electron chi connectivity index (χ0n) is 13.1. The molecule has 1 aromatic rings. The molecule has 2 N–H and O–H groups in total. The Hall–Kier alpha value is -2.52. The normalized spacial score (nSPS) is 17.2. The van der Waals surface area contributed by atoms with Gasteiger partial charge in [0, 0.05) is 16.3 Å². The van der Waals surface area contributed by atoms with Crippen LogP contribution in [0, 0.1) is 11.5 Å². The van der Waals surface area contributed by atoms with Crippen LogP contribution in [-0.2, 0) is 9.53 Å². The second-order valence-corrected chi connectivity index (χ2v) is 5.66. The quantitative estimate of drug-likeness (QED) is 0.505. The number of nitrogens with one attached hydrogen (secondary N) is 2. The molecule has 0 radical (unpaired) electrons. The van der Waals surface area contributed by atoms with Gasteiger partial charge in [-0.3, -0.25) is 5.32 Å². The number of halogens is 1. The fourth-order valence-electron chi connectivity index (χ4n) is 2.26. The van der Waals surface area contributed by atoms with Crippen molar-refractivity contribution in [3.05, 3.63) is 46.1 Å². The van der Waals surface area contributed by atoms with Crippen LogP contribution in [0.15, 0.2) is 40.5 Å². The number of rotatable bonds is 3. The number of carbonyl (C=O) groups is 1. The Bertz CT molecular complexity index is 719. The van der Waals surface area contributed by atoms with Gasteiger partial charge in [-0.25, -0.2) is 9.79 Å². The third-order valence-corrected chi connectivity index (χ3v) is 3.52. The number of benzene rings is 1. The van der Waals surface area contributed by atoms with E-state index in [9.17, 15) is 4.79 Å². The molecule has 120 valence electrons. The molecule has 0 bridgehead atoms. The maximum atomic E-state index is 12.5. The first kappa shape index (κ1) is 16.8. The van der Waals surface area contributed by atoms with E-state index in [2.05, 4.69) is 15.6 Å². The molecule has 0 amide bonds. The standard InChI is InChI=1S/C16H17ClN4O2/c1-9(2)23-15(22)13-10(3)20-16(19-8-18)21-14(13)11-6-4-5-7-12(11)17/h4-7,9,14H,1-3H3,(H2,19,20,21)/t14-/m0/s1. The van der Waals surface area contributed by atoms with Crippen molar-refractivity contribution >= 4 is 23.5 Å². The molecule has 7 heteroatoms. The summed E-state index contributed by atoms with van der Waals surface area (Å²) in [5.41, 5.74) is 1.60. The minimum atomic E-state index is -0.646. The summed E-state index contributed by atoms with van der Waals surface area (Å²) in [5.74, 6) is -0.203. The van der Waals surface area contributed by atoms with E-state index >= 15 is 0 Å². The van der Waals surface area contributed by atoms with E-state index in [-0.39, 0.29) is 12.1 Å². The predicted octanol–water partition coefficient (Wildman–Crippen LogP) is 2.64. The Balaban J connectivity index is 2.50. The van der Waals surface area contributed by atoms with E-state index in [0.29, 0.717) is 21.9 Å². The average molecular weight is 333 g/mol. The summed E-state index contributed by atoms with van der Waals surface area (Å²) in [6.07, 6.45) is 1.55. The number of allylic oxidation sites excluding steroid dienone is 1. The number of aliphatic imine (C=N–C) groups is 1. The number of guanidine groups is 1. The second-order valence-electron chi connectivity index (χ2n) is 5.26. The number of hydrogen-bond donors (Lipinski definition) is 2. The number of carbonyl (C=O) groups excluding carboxylic acids is 1. The lowest BCUT2D eigenvalue weighted by Crippen LogP contribution is -2.39. The molecule has 1 aliphatic rings. The van der Waals surface area contributed by atoms with Crippen LogP contribution in [0.25, 0.3) is 0 Å². The molecular weight excluding hydrogens is 316 g/mol. The van der Waals surface area contributed by atoms with Crippen molar-refractivity contribution in [1.29, 1.82) is 5.26 Å². The molecule has 0 saturated heterocycles. The van der Waals surface area contributed by atoms with Gasteiger partial charge in [0.15, 0.2) is 6.19 Å². The third kappa shape index (κ3) is 3.82. The van der Waals surface area contributed by atoms with Crippen LogP contribution in [0.3, 0.4) is 0 Å². The van der Waals surface area contributed by atoms with Gasteiger partial charge >= 0.3 is 5.97 Å². The number of nitrogens with zero attached hydrogens (tertiary/aromatic N) is 2. The number of esters is 1. The van der Waals surface area contributed by atoms with E-state index in [1.165, 1.54) is 0 Å². The van der Waals surface area contributed by atoms with Crippen LogP contribution >= 0.6 is 11.6 Å². The lowest BCUT2D eigenvalue weighted by atomic mass is 9.96. The molecular formula is C16H17ClN4O2. The summed E-state index contributed by atoms with van der Waals surface area (Å²) in [4.78, 5) is 16.9. The second kappa shape index (κ2) is 7.16. The van der Waals surface area contributed by atoms with Gasteiger partial charge in [-0.2, -0.15) is 5.26 Å². The highest BCUT2D eigenvalue weighted by molar-refractivity contribution is 6.31. The SMILES string of the molecule is CC1=C(C(=O)OC(C)C)[C@H](c2ccccc2Cl)N=C(NC#N)N1. The van der Waals surface area contributed by atoms with Crippen molar-refractivity contribution in [3.8, 4) is 6.19 Å². The highest BCUT2D eigenvalue weighted by atomic mass is 35.5. The van der Waals surface area contributed by atoms with Crippen LogP contribution in [0.4, 0.5) is 0 Å². The molecule has 23 heavy (non-hydrogen) atoms. The lowest BCUT2D eigenvalue weighted by Gasteiger charge is -2.26. The van der Waals surface area contributed by atoms with E-state index in [0.717, 1.165) is 0 Å². The van der Waals surface area contributed by atoms with Gasteiger partial charge in [-0.15, -0.1) is 0 Å². The van der Waals surface area contributed by atoms with Gasteiger partial charge in [0.2, 0.25) is 5.96 Å². The Morgan fingerprint density at radius 3 is 2.78 bits per heavy atom. The van der Waals surface area contributed by atoms with Crippen LogP contribution in [0.5, 0.6) is 0 Å². The van der Waals surface area contributed by atoms with Crippen molar-refractivity contribution in [2.45, 2.75) is 32.9 Å². The number of nitriles is 1. The van der Waals surface area contributed by atoms with Crippen molar-refractivity contribution in [2.75, 3.05) is 0 Å². The molecule has 0 fully saturated rings. The number of ether oxygens (including phenoxy) is 1. The molecule has 0 aliphatic carbocycles. The topological polar surface area (TPSA) is 86.5 Å². The van der Waals surface area contributed by atoms with Crippen LogP contribution < -0.4 is 10.6 Å². The zero-order valence-corrected chi connectivity index (χ0v) is 13.8. The van der Waals surface area contributed by atoms with Crippen LogP contribution in [0.1, 0.15) is 32.4 Å². The Morgan fingerprint density at radius 1 is 1.48 bits per heavy atom. The Kier molecular flexibility index (Phi) is 5.24. The van der Waals surface area contributed by atoms with E-state index in [4.69, 9.17) is 21.6 Å². The first-order valence-corrected chi connectivity index (χ1v) is 7.48. The van der Waals surface area contributed by atoms with Gasteiger partial charge in [-0.1, -0.05) is 29.8 Å². The summed E-state index contributed by atoms with van der Waals surface area (Å²) in [5, 5.41) is 14.6. The van der Waals surface area contributed by atoms with Crippen LogP contribution in [-0.4, -0.2) is 18.0 Å². The molecule has 1 atom stereocenters. The van der Waals surface area contributed by atoms with Crippen LogP contribution in [0.2, 0.25) is 5.02 Å². The molecule has 1 aromatic carbocycles. The first-order valence-electron chi connectivity index (χ1n) is 7.10. The highest BCUT2D eigenvalue weighted by Crippen LogP contribution is 2.35. The van der Waals surface area contributed by atoms with Gasteiger partial charge in [0.25, 0.3) is 0 Å². The van der Waals surface area contributed by atoms with Crippen molar-refractivity contribution in [1.82, 2.24) is 10.6 Å². The molecule has 0 unspecified atom stereocenters. The summed E-state index contributed by atoms with van der Waals surface area (Å²) < 4.78 is 5.31. The molecule has 0 aromatic heterocycles. The zero-order chi connectivity index (χ0) is 17.0. The Labute approximate surface area is 139 Å². The van der Waals surface area contributed by atoms with Gasteiger partial charge < -0.3 is 10.1 Å². The maximum absolute atomic E-state index is 12.5. The summed E-state index contributed by atoms with van der Waals surface area (Å²) in [6.45, 7) is 5.29. The molecule has 1 heterocycles. The lowest BCUT2D eigenvalue weighted by molar-refractivity contribution is -0.143. The summed E-state index contributed by atoms with van der Waals surface area (Å²) in [6, 6.07) is 6.49. The highest BCUT2D eigenvalue weighted by Gasteiger charge is 2.31.